The van der Waals surface area contributed by atoms with Gasteiger partial charge in [-0.25, -0.2) is 8.42 Å². The molecule has 3 aromatic rings. The van der Waals surface area contributed by atoms with Crippen LogP contribution in [0.25, 0.3) is 22.4 Å². The Morgan fingerprint density at radius 2 is 1.55 bits per heavy atom. The van der Waals surface area contributed by atoms with Crippen LogP contribution in [0.3, 0.4) is 0 Å². The first kappa shape index (κ1) is 21.6. The zero-order chi connectivity index (χ0) is 21.8. The third-order valence-corrected chi connectivity index (χ3v) is 6.55. The number of aromatic amines is 1. The number of hydrogen-bond donors (Lipinski definition) is 1. The van der Waals surface area contributed by atoms with Crippen LogP contribution in [0.2, 0.25) is 0 Å². The van der Waals surface area contributed by atoms with Crippen molar-refractivity contribution >= 4 is 36.8 Å². The molecule has 0 radical (unpaired) electrons. The predicted molar refractivity (Wildman–Crippen MR) is 94.8 cm³/mol. The Hall–Kier alpha value is -2.15. The summed E-state index contributed by atoms with van der Waals surface area (Å²) in [5, 5.41) is 0. The van der Waals surface area contributed by atoms with Gasteiger partial charge in [0.25, 0.3) is 0 Å². The third kappa shape index (κ3) is 3.97. The van der Waals surface area contributed by atoms with Crippen LogP contribution in [0.15, 0.2) is 33.9 Å². The van der Waals surface area contributed by atoms with Crippen LogP contribution in [0, 0.1) is 0 Å². The topological polar surface area (TPSA) is 75.7 Å². The molecule has 0 aromatic carbocycles. The Balaban J connectivity index is 2.30. The molecule has 0 bridgehead atoms. The molecule has 0 aliphatic rings. The number of alkyl halides is 6. The van der Waals surface area contributed by atoms with Gasteiger partial charge in [0.2, 0.25) is 0 Å². The van der Waals surface area contributed by atoms with E-state index in [4.69, 9.17) is 0 Å². The largest absolute Gasteiger partial charge is 0.417 e. The van der Waals surface area contributed by atoms with Gasteiger partial charge in [-0.05, 0) is 28.1 Å². The second kappa shape index (κ2) is 6.97. The van der Waals surface area contributed by atoms with Crippen LogP contribution < -0.4 is 0 Å². The molecular formula is C16H10BrF6N3O2S. The van der Waals surface area contributed by atoms with Crippen molar-refractivity contribution in [2.24, 2.45) is 0 Å². The Morgan fingerprint density at radius 3 is 2.10 bits per heavy atom. The van der Waals surface area contributed by atoms with Gasteiger partial charge in [-0.15, -0.1) is 0 Å². The smallest absolute Gasteiger partial charge is 0.351 e. The lowest BCUT2D eigenvalue weighted by Gasteiger charge is -2.12. The fourth-order valence-corrected chi connectivity index (χ4v) is 4.21. The number of hydrogen-bond acceptors (Lipinski definition) is 4. The van der Waals surface area contributed by atoms with Crippen LogP contribution in [0.4, 0.5) is 26.3 Å². The molecule has 29 heavy (non-hydrogen) atoms. The van der Waals surface area contributed by atoms with E-state index in [-0.39, 0.29) is 26.9 Å². The molecular weight excluding hydrogens is 492 g/mol. The summed E-state index contributed by atoms with van der Waals surface area (Å²) in [6.07, 6.45) is -8.45. The fraction of sp³-hybridized carbons (Fsp3) is 0.250. The fourth-order valence-electron chi connectivity index (χ4n) is 2.54. The van der Waals surface area contributed by atoms with Gasteiger partial charge in [-0.3, -0.25) is 9.97 Å². The van der Waals surface area contributed by atoms with E-state index in [0.717, 1.165) is 6.07 Å². The molecule has 0 atom stereocenters. The Morgan fingerprint density at radius 1 is 1.00 bits per heavy atom. The Labute approximate surface area is 168 Å². The summed E-state index contributed by atoms with van der Waals surface area (Å²) in [5.74, 6) is -0.503. The molecule has 0 aliphatic carbocycles. The SMILES string of the molecule is CCS(=O)(=O)c1cc(C(F)(F)F)cnc1-c1[nH]c2cc(C(F)(F)F)cnc2c1Br. The summed E-state index contributed by atoms with van der Waals surface area (Å²) in [6.45, 7) is 1.25. The van der Waals surface area contributed by atoms with Crippen LogP contribution in [0.1, 0.15) is 18.1 Å². The number of sulfone groups is 1. The zero-order valence-corrected chi connectivity index (χ0v) is 16.7. The molecule has 5 nitrogen and oxygen atoms in total. The summed E-state index contributed by atoms with van der Waals surface area (Å²) in [7, 11) is -4.15. The first-order chi connectivity index (χ1) is 13.3. The maximum absolute atomic E-state index is 13.0. The molecule has 0 amide bonds. The molecule has 3 heterocycles. The molecule has 0 spiro atoms. The number of H-pyrrole nitrogens is 1. The van der Waals surface area contributed by atoms with Crippen molar-refractivity contribution in [3.8, 4) is 11.4 Å². The van der Waals surface area contributed by atoms with Crippen molar-refractivity contribution in [3.63, 3.8) is 0 Å². The van der Waals surface area contributed by atoms with Crippen molar-refractivity contribution in [2.45, 2.75) is 24.2 Å². The number of halogens is 7. The van der Waals surface area contributed by atoms with Crippen molar-refractivity contribution in [3.05, 3.63) is 40.1 Å². The van der Waals surface area contributed by atoms with E-state index in [1.165, 1.54) is 6.92 Å². The summed E-state index contributed by atoms with van der Waals surface area (Å²) >= 11 is 3.11. The van der Waals surface area contributed by atoms with Crippen LogP contribution >= 0.6 is 15.9 Å². The third-order valence-electron chi connectivity index (χ3n) is 4.03. The summed E-state index contributed by atoms with van der Waals surface area (Å²) in [6, 6.07) is 1.21. The highest BCUT2D eigenvalue weighted by molar-refractivity contribution is 9.10. The molecule has 3 rings (SSSR count). The Bertz CT molecular complexity index is 1200. The van der Waals surface area contributed by atoms with Crippen LogP contribution in [0.5, 0.6) is 0 Å². The van der Waals surface area contributed by atoms with Gasteiger partial charge < -0.3 is 4.98 Å². The molecule has 0 saturated heterocycles. The average Bonchev–Trinajstić information content (AvgIpc) is 2.96. The normalized spacial score (nSPS) is 13.2. The summed E-state index contributed by atoms with van der Waals surface area (Å²) < 4.78 is 103. The molecule has 0 fully saturated rings. The molecule has 156 valence electrons. The van der Waals surface area contributed by atoms with Gasteiger partial charge in [0.1, 0.15) is 11.2 Å². The van der Waals surface area contributed by atoms with E-state index < -0.39 is 44.0 Å². The van der Waals surface area contributed by atoms with Gasteiger partial charge in [0.05, 0.1) is 37.5 Å². The van der Waals surface area contributed by atoms with E-state index in [9.17, 15) is 34.8 Å². The highest BCUT2D eigenvalue weighted by Crippen LogP contribution is 2.39. The first-order valence-electron chi connectivity index (χ1n) is 7.80. The quantitative estimate of drug-likeness (QED) is 0.499. The summed E-state index contributed by atoms with van der Waals surface area (Å²) in [4.78, 5) is 9.23. The maximum atomic E-state index is 13.0. The van der Waals surface area contributed by atoms with E-state index in [0.29, 0.717) is 18.5 Å². The number of rotatable bonds is 3. The number of nitrogens with one attached hydrogen (secondary N) is 1. The molecule has 0 saturated carbocycles. The number of aromatic nitrogens is 3. The minimum atomic E-state index is -4.83. The summed E-state index contributed by atoms with van der Waals surface area (Å²) in [5.41, 5.74) is -2.84. The number of fused-ring (bicyclic) bond motifs is 1. The number of nitrogens with zero attached hydrogens (tertiary/aromatic N) is 2. The van der Waals surface area contributed by atoms with Gasteiger partial charge in [0.15, 0.2) is 9.84 Å². The van der Waals surface area contributed by atoms with Crippen LogP contribution in [-0.4, -0.2) is 29.1 Å². The van der Waals surface area contributed by atoms with E-state index in [1.54, 1.807) is 0 Å². The highest BCUT2D eigenvalue weighted by Gasteiger charge is 2.35. The second-order valence-electron chi connectivity index (χ2n) is 5.90. The van der Waals surface area contributed by atoms with E-state index >= 15 is 0 Å². The molecule has 13 heteroatoms. The van der Waals surface area contributed by atoms with Crippen molar-refractivity contribution in [2.75, 3.05) is 5.75 Å². The molecule has 0 aliphatic heterocycles. The maximum Gasteiger partial charge on any atom is 0.417 e. The minimum Gasteiger partial charge on any atom is -0.351 e. The number of pyridine rings is 2. The van der Waals surface area contributed by atoms with E-state index in [2.05, 4.69) is 30.9 Å². The Kier molecular flexibility index (Phi) is 5.18. The van der Waals surface area contributed by atoms with Crippen molar-refractivity contribution < 1.29 is 34.8 Å². The zero-order valence-electron chi connectivity index (χ0n) is 14.3. The molecule has 0 unspecified atom stereocenters. The van der Waals surface area contributed by atoms with Gasteiger partial charge >= 0.3 is 12.4 Å². The predicted octanol–water partition coefficient (Wildman–Crippen LogP) is 5.22. The monoisotopic (exact) mass is 501 g/mol. The van der Waals surface area contributed by atoms with Gasteiger partial charge in [-0.1, -0.05) is 6.92 Å². The first-order valence-corrected chi connectivity index (χ1v) is 10.2. The minimum absolute atomic E-state index is 0.0366. The lowest BCUT2D eigenvalue weighted by atomic mass is 10.2. The van der Waals surface area contributed by atoms with Crippen LogP contribution in [-0.2, 0) is 22.2 Å². The van der Waals surface area contributed by atoms with E-state index in [1.807, 2.05) is 0 Å². The second-order valence-corrected chi connectivity index (χ2v) is 8.94. The van der Waals surface area contributed by atoms with Gasteiger partial charge in [-0.2, -0.15) is 26.3 Å². The van der Waals surface area contributed by atoms with Crippen molar-refractivity contribution in [1.29, 1.82) is 0 Å². The van der Waals surface area contributed by atoms with Gasteiger partial charge in [0, 0.05) is 12.4 Å². The van der Waals surface area contributed by atoms with Crippen molar-refractivity contribution in [1.82, 2.24) is 15.0 Å². The standard InChI is InChI=1S/C16H10BrF6N3O2S/c1-2-29(27,28)10-4-8(16(21,22)23)6-25-13(10)14-11(17)12-9(26-14)3-7(5-24-12)15(18,19)20/h3-6,26H,2H2,1H3. The highest BCUT2D eigenvalue weighted by atomic mass is 79.9. The average molecular weight is 502 g/mol. The lowest BCUT2D eigenvalue weighted by Crippen LogP contribution is -2.12. The molecule has 1 N–H and O–H groups in total. The molecule has 3 aromatic heterocycles. The lowest BCUT2D eigenvalue weighted by molar-refractivity contribution is -0.138.